The molecule has 12 heavy (non-hydrogen) atoms. The summed E-state index contributed by atoms with van der Waals surface area (Å²) in [4.78, 5) is 15.1. The first-order valence-electron chi connectivity index (χ1n) is 4.01. The summed E-state index contributed by atoms with van der Waals surface area (Å²) in [6.07, 6.45) is 3.17. The van der Waals surface area contributed by atoms with Crippen molar-refractivity contribution >= 4 is 11.7 Å². The molecule has 1 amide bonds. The number of anilines is 1. The number of pyridine rings is 1. The molecule has 64 valence electrons. The maximum absolute atomic E-state index is 11.0. The summed E-state index contributed by atoms with van der Waals surface area (Å²) >= 11 is 0. The molecule has 0 unspecified atom stereocenters. The number of hydrogen-bond acceptors (Lipinski definition) is 2. The Hall–Kier alpha value is -1.38. The number of nitrogens with one attached hydrogen (secondary N) is 1. The van der Waals surface area contributed by atoms with E-state index in [1.807, 2.05) is 6.92 Å². The number of amides is 1. The molecule has 0 bridgehead atoms. The van der Waals surface area contributed by atoms with E-state index in [1.54, 1.807) is 6.20 Å². The van der Waals surface area contributed by atoms with Gasteiger partial charge in [-0.2, -0.15) is 0 Å². The molecule has 0 spiro atoms. The van der Waals surface area contributed by atoms with Crippen LogP contribution in [0.4, 0.5) is 5.82 Å². The van der Waals surface area contributed by atoms with E-state index < -0.39 is 0 Å². The minimum absolute atomic E-state index is 0. The Bertz CT molecular complexity index is 338. The van der Waals surface area contributed by atoms with E-state index in [-0.39, 0.29) is 7.33 Å². The minimum Gasteiger partial charge on any atom is -0.310 e. The molecular formula is C9H12N2O. The molecule has 0 fully saturated rings. The molecule has 0 radical (unpaired) electrons. The van der Waals surface area contributed by atoms with E-state index in [0.29, 0.717) is 6.42 Å². The van der Waals surface area contributed by atoms with Gasteiger partial charge < -0.3 is 5.32 Å². The molecule has 3 heteroatoms. The average molecular weight is 164 g/mol. The molecule has 0 saturated heterocycles. The molecule has 1 aromatic rings. The van der Waals surface area contributed by atoms with Gasteiger partial charge in [-0.1, -0.05) is 6.07 Å². The van der Waals surface area contributed by atoms with E-state index in [9.17, 15) is 4.79 Å². The van der Waals surface area contributed by atoms with E-state index in [0.717, 1.165) is 23.4 Å². The molecule has 1 aliphatic heterocycles. The van der Waals surface area contributed by atoms with Gasteiger partial charge in [0.05, 0.1) is 0 Å². The van der Waals surface area contributed by atoms with Gasteiger partial charge >= 0.3 is 0 Å². The zero-order chi connectivity index (χ0) is 8.55. The highest BCUT2D eigenvalue weighted by atomic mass is 16.1. The molecule has 2 rings (SSSR count). The number of rotatable bonds is 0. The molecular weight excluding hydrogens is 152 g/mol. The van der Waals surface area contributed by atoms with Crippen molar-refractivity contribution in [3.8, 4) is 0 Å². The van der Waals surface area contributed by atoms with Gasteiger partial charge in [-0.15, -0.1) is 0 Å². The summed E-state index contributed by atoms with van der Waals surface area (Å²) < 4.78 is 0. The molecule has 0 aliphatic carbocycles. The fourth-order valence-corrected chi connectivity index (χ4v) is 1.38. The first-order valence-corrected chi connectivity index (χ1v) is 4.01. The van der Waals surface area contributed by atoms with Crippen molar-refractivity contribution in [2.45, 2.75) is 19.8 Å². The van der Waals surface area contributed by atoms with Crippen LogP contribution in [-0.2, 0) is 11.2 Å². The minimum atomic E-state index is 0. The zero-order valence-electron chi connectivity index (χ0n) is 6.92. The van der Waals surface area contributed by atoms with Gasteiger partial charge in [-0.05, 0) is 24.5 Å². The normalized spacial score (nSPS) is 15.2. The molecule has 2 heterocycles. The molecule has 3 nitrogen and oxygen atoms in total. The van der Waals surface area contributed by atoms with E-state index in [2.05, 4.69) is 16.4 Å². The number of carbonyl (C=O) groups is 1. The predicted octanol–water partition coefficient (Wildman–Crippen LogP) is 1.52. The van der Waals surface area contributed by atoms with Crippen molar-refractivity contribution in [2.24, 2.45) is 0 Å². The maximum atomic E-state index is 11.0. The number of hydrogen-bond donors (Lipinski definition) is 1. The van der Waals surface area contributed by atoms with Crippen molar-refractivity contribution in [2.75, 3.05) is 5.32 Å². The molecule has 1 N–H and O–H groups in total. The van der Waals surface area contributed by atoms with E-state index in [4.69, 9.17) is 0 Å². The first-order chi connectivity index (χ1) is 5.75. The van der Waals surface area contributed by atoms with Crippen molar-refractivity contribution in [3.63, 3.8) is 0 Å². The van der Waals surface area contributed by atoms with Crippen molar-refractivity contribution in [1.82, 2.24) is 4.98 Å². The van der Waals surface area contributed by atoms with Gasteiger partial charge in [-0.25, -0.2) is 4.98 Å². The van der Waals surface area contributed by atoms with Crippen LogP contribution in [-0.4, -0.2) is 10.9 Å². The van der Waals surface area contributed by atoms with Gasteiger partial charge in [0.15, 0.2) is 0 Å². The summed E-state index contributed by atoms with van der Waals surface area (Å²) in [6.45, 7) is 2.00. The number of carbonyl (C=O) groups excluding carboxylic acids is 1. The van der Waals surface area contributed by atoms with Crippen LogP contribution in [0.5, 0.6) is 0 Å². The first kappa shape index (κ1) is 7.28. The smallest absolute Gasteiger partial charge is 0.225 e. The van der Waals surface area contributed by atoms with Crippen LogP contribution >= 0.6 is 0 Å². The lowest BCUT2D eigenvalue weighted by Crippen LogP contribution is -2.20. The van der Waals surface area contributed by atoms with Crippen LogP contribution in [0.25, 0.3) is 0 Å². The summed E-state index contributed by atoms with van der Waals surface area (Å²) in [5, 5.41) is 2.74. The molecule has 0 saturated carbocycles. The van der Waals surface area contributed by atoms with Gasteiger partial charge in [0.1, 0.15) is 5.82 Å². The number of fused-ring (bicyclic) bond motifs is 1. The average Bonchev–Trinajstić information content (AvgIpc) is 2.05. The second kappa shape index (κ2) is 2.59. The lowest BCUT2D eigenvalue weighted by molar-refractivity contribution is -0.116. The molecule has 0 atom stereocenters. The van der Waals surface area contributed by atoms with Crippen LogP contribution in [0.2, 0.25) is 0 Å². The van der Waals surface area contributed by atoms with Crippen molar-refractivity contribution in [1.29, 1.82) is 0 Å². The largest absolute Gasteiger partial charge is 0.310 e. The highest BCUT2D eigenvalue weighted by Gasteiger charge is 2.14. The van der Waals surface area contributed by atoms with Gasteiger partial charge in [0.2, 0.25) is 5.91 Å². The Morgan fingerprint density at radius 2 is 2.42 bits per heavy atom. The Kier molecular flexibility index (Phi) is 1.57. The van der Waals surface area contributed by atoms with Gasteiger partial charge in [-0.3, -0.25) is 4.79 Å². The SMILES string of the molecule is Cc1cnc2c(c1)CCC(=O)N2.[HH]. The second-order valence-corrected chi connectivity index (χ2v) is 3.07. The lowest BCUT2D eigenvalue weighted by atomic mass is 10.1. The summed E-state index contributed by atoms with van der Waals surface area (Å²) in [5.41, 5.74) is 2.29. The fourth-order valence-electron chi connectivity index (χ4n) is 1.38. The van der Waals surface area contributed by atoms with Gasteiger partial charge in [0, 0.05) is 14.0 Å². The van der Waals surface area contributed by atoms with E-state index >= 15 is 0 Å². The van der Waals surface area contributed by atoms with Crippen molar-refractivity contribution < 1.29 is 6.22 Å². The summed E-state index contributed by atoms with van der Waals surface area (Å²) in [6, 6.07) is 2.07. The Labute approximate surface area is 72.3 Å². The van der Waals surface area contributed by atoms with Crippen LogP contribution in [0.3, 0.4) is 0 Å². The summed E-state index contributed by atoms with van der Waals surface area (Å²) in [5.74, 6) is 0.802. The standard InChI is InChI=1S/C9H10N2O.H2/c1-6-4-7-2-3-8(12)11-9(7)10-5-6;/h4-5H,2-3H2,1H3,(H,10,11,12);1H. The van der Waals surface area contributed by atoms with Crippen LogP contribution in [0.1, 0.15) is 19.0 Å². The Morgan fingerprint density at radius 3 is 3.25 bits per heavy atom. The zero-order valence-corrected chi connectivity index (χ0v) is 6.92. The third kappa shape index (κ3) is 1.18. The lowest BCUT2D eigenvalue weighted by Gasteiger charge is -2.15. The third-order valence-corrected chi connectivity index (χ3v) is 1.98. The highest BCUT2D eigenvalue weighted by molar-refractivity contribution is 5.92. The number of aryl methyl sites for hydroxylation is 2. The third-order valence-electron chi connectivity index (χ3n) is 1.98. The maximum Gasteiger partial charge on any atom is 0.225 e. The topological polar surface area (TPSA) is 42.0 Å². The van der Waals surface area contributed by atoms with Gasteiger partial charge in [0.25, 0.3) is 0 Å². The second-order valence-electron chi connectivity index (χ2n) is 3.07. The van der Waals surface area contributed by atoms with E-state index in [1.165, 1.54) is 0 Å². The van der Waals surface area contributed by atoms with Crippen LogP contribution in [0.15, 0.2) is 12.3 Å². The molecule has 0 aromatic carbocycles. The molecule has 1 aliphatic rings. The predicted molar refractivity (Wildman–Crippen MR) is 48.0 cm³/mol. The number of aromatic nitrogens is 1. The fraction of sp³-hybridized carbons (Fsp3) is 0.333. The number of nitrogens with zero attached hydrogens (tertiary/aromatic N) is 1. The Morgan fingerprint density at radius 1 is 1.58 bits per heavy atom. The van der Waals surface area contributed by atoms with Crippen LogP contribution in [0, 0.1) is 6.92 Å². The Balaban J connectivity index is 0.000000845. The quantitative estimate of drug-likeness (QED) is 0.631. The molecule has 1 aromatic heterocycles. The summed E-state index contributed by atoms with van der Waals surface area (Å²) in [7, 11) is 0. The monoisotopic (exact) mass is 164 g/mol. The van der Waals surface area contributed by atoms with Crippen molar-refractivity contribution in [3.05, 3.63) is 23.4 Å². The highest BCUT2D eigenvalue weighted by Crippen LogP contribution is 2.19. The van der Waals surface area contributed by atoms with Crippen LogP contribution < -0.4 is 5.32 Å².